The van der Waals surface area contributed by atoms with Gasteiger partial charge in [-0.25, -0.2) is 14.4 Å². The molecule has 0 spiro atoms. The Kier molecular flexibility index (Phi) is 6.98. The molecule has 0 bridgehead atoms. The predicted molar refractivity (Wildman–Crippen MR) is 141 cm³/mol. The Labute approximate surface area is 224 Å². The van der Waals surface area contributed by atoms with Gasteiger partial charge in [0.2, 0.25) is 0 Å². The van der Waals surface area contributed by atoms with E-state index in [0.29, 0.717) is 37.8 Å². The number of ether oxygens (including phenoxy) is 1. The molecule has 0 atom stereocenters. The standard InChI is InChI=1S/C27H22F4N6O3/c1-36(13-27(29,30)31)26(39)22-10-16-3-4-17(11-21(16)37(22)14-40-2)23-33-12-20(28)24(35-23)34-18-5-6-19-15(9-18)7-8-32-25(19)38/h3-12H,13-14H2,1-2H3,(H,32,38)(H,33,34,35). The van der Waals surface area contributed by atoms with Crippen molar-refractivity contribution in [1.29, 1.82) is 0 Å². The van der Waals surface area contributed by atoms with Crippen molar-refractivity contribution >= 4 is 39.1 Å². The number of carbonyl (C=O) groups excluding carboxylic acids is 1. The first-order valence-corrected chi connectivity index (χ1v) is 11.9. The predicted octanol–water partition coefficient (Wildman–Crippen LogP) is 5.06. The van der Waals surface area contributed by atoms with Crippen LogP contribution in [0.4, 0.5) is 29.1 Å². The smallest absolute Gasteiger partial charge is 0.364 e. The number of hydrogen-bond donors (Lipinski definition) is 2. The summed E-state index contributed by atoms with van der Waals surface area (Å²) < 4.78 is 60.0. The third-order valence-corrected chi connectivity index (χ3v) is 6.18. The number of halogens is 4. The van der Waals surface area contributed by atoms with Crippen molar-refractivity contribution in [2.24, 2.45) is 0 Å². The van der Waals surface area contributed by atoms with Crippen LogP contribution >= 0.6 is 0 Å². The first kappa shape index (κ1) is 26.8. The number of fused-ring (bicyclic) bond motifs is 2. The highest BCUT2D eigenvalue weighted by atomic mass is 19.4. The zero-order valence-corrected chi connectivity index (χ0v) is 21.2. The van der Waals surface area contributed by atoms with Crippen molar-refractivity contribution in [3.8, 4) is 11.4 Å². The largest absolute Gasteiger partial charge is 0.406 e. The number of alkyl halides is 3. The number of benzene rings is 2. The van der Waals surface area contributed by atoms with Gasteiger partial charge in [-0.05, 0) is 41.8 Å². The Hall–Kier alpha value is -4.78. The van der Waals surface area contributed by atoms with Gasteiger partial charge in [-0.15, -0.1) is 0 Å². The number of aromatic amines is 1. The fourth-order valence-corrected chi connectivity index (χ4v) is 4.38. The van der Waals surface area contributed by atoms with Gasteiger partial charge in [-0.2, -0.15) is 13.2 Å². The lowest BCUT2D eigenvalue weighted by molar-refractivity contribution is -0.138. The number of rotatable bonds is 7. The number of amides is 1. The minimum absolute atomic E-state index is 0.0123. The average Bonchev–Trinajstić information content (AvgIpc) is 3.26. The molecule has 2 N–H and O–H groups in total. The van der Waals surface area contributed by atoms with Crippen molar-refractivity contribution in [2.75, 3.05) is 26.0 Å². The Morgan fingerprint density at radius 1 is 1.12 bits per heavy atom. The monoisotopic (exact) mass is 554 g/mol. The van der Waals surface area contributed by atoms with Gasteiger partial charge in [0.1, 0.15) is 19.0 Å². The third kappa shape index (κ3) is 5.36. The van der Waals surface area contributed by atoms with Crippen LogP contribution in [0, 0.1) is 5.82 Å². The van der Waals surface area contributed by atoms with E-state index in [1.807, 2.05) is 0 Å². The first-order valence-electron chi connectivity index (χ1n) is 11.9. The molecule has 0 unspecified atom stereocenters. The molecule has 5 rings (SSSR count). The SMILES string of the molecule is COCn1c(C(=O)N(C)CC(F)(F)F)cc2ccc(-c3ncc(F)c(Nc4ccc5c(=O)[nH]ccc5c4)n3)cc21. The fourth-order valence-electron chi connectivity index (χ4n) is 4.38. The van der Waals surface area contributed by atoms with E-state index in [9.17, 15) is 27.2 Å². The molecule has 0 aliphatic carbocycles. The minimum atomic E-state index is -4.55. The second-order valence-corrected chi connectivity index (χ2v) is 9.05. The van der Waals surface area contributed by atoms with E-state index in [4.69, 9.17) is 4.74 Å². The molecule has 0 aliphatic rings. The van der Waals surface area contributed by atoms with Crippen molar-refractivity contribution in [3.63, 3.8) is 0 Å². The summed E-state index contributed by atoms with van der Waals surface area (Å²) in [4.78, 5) is 36.4. The van der Waals surface area contributed by atoms with Gasteiger partial charge in [0.05, 0.1) is 11.7 Å². The van der Waals surface area contributed by atoms with Crippen molar-refractivity contribution in [3.05, 3.63) is 82.8 Å². The summed E-state index contributed by atoms with van der Waals surface area (Å²) in [6, 6.07) is 13.1. The van der Waals surface area contributed by atoms with Gasteiger partial charge in [0.25, 0.3) is 11.5 Å². The third-order valence-electron chi connectivity index (χ3n) is 6.18. The minimum Gasteiger partial charge on any atom is -0.364 e. The summed E-state index contributed by atoms with van der Waals surface area (Å²) >= 11 is 0. The summed E-state index contributed by atoms with van der Waals surface area (Å²) in [6.07, 6.45) is -2.03. The Morgan fingerprint density at radius 3 is 2.67 bits per heavy atom. The zero-order valence-electron chi connectivity index (χ0n) is 21.2. The van der Waals surface area contributed by atoms with E-state index in [0.717, 1.165) is 13.2 Å². The lowest BCUT2D eigenvalue weighted by Crippen LogP contribution is -2.36. The lowest BCUT2D eigenvalue weighted by Gasteiger charge is -2.20. The second-order valence-electron chi connectivity index (χ2n) is 9.05. The van der Waals surface area contributed by atoms with Crippen LogP contribution in [0.25, 0.3) is 33.1 Å². The molecule has 3 aromatic heterocycles. The van der Waals surface area contributed by atoms with Crippen LogP contribution < -0.4 is 10.9 Å². The molecule has 0 radical (unpaired) electrons. The van der Waals surface area contributed by atoms with E-state index in [-0.39, 0.29) is 29.6 Å². The second kappa shape index (κ2) is 10.4. The number of pyridine rings is 1. The zero-order chi connectivity index (χ0) is 28.6. The number of aromatic nitrogens is 4. The van der Waals surface area contributed by atoms with Crippen molar-refractivity contribution in [1.82, 2.24) is 24.4 Å². The molecule has 9 nitrogen and oxygen atoms in total. The molecule has 13 heteroatoms. The van der Waals surface area contributed by atoms with Crippen LogP contribution in [-0.2, 0) is 11.5 Å². The molecule has 3 heterocycles. The van der Waals surface area contributed by atoms with Crippen LogP contribution in [0.1, 0.15) is 10.5 Å². The topological polar surface area (TPSA) is 105 Å². The molecule has 1 amide bonds. The van der Waals surface area contributed by atoms with Crippen molar-refractivity contribution < 1.29 is 27.1 Å². The Balaban J connectivity index is 1.50. The van der Waals surface area contributed by atoms with Crippen LogP contribution in [0.2, 0.25) is 0 Å². The highest BCUT2D eigenvalue weighted by Crippen LogP contribution is 2.29. The molecule has 0 saturated carbocycles. The van der Waals surface area contributed by atoms with Crippen LogP contribution in [0.15, 0.2) is 65.7 Å². The molecule has 0 fully saturated rings. The maximum atomic E-state index is 14.7. The first-order chi connectivity index (χ1) is 19.0. The fraction of sp³-hybridized carbons (Fsp3) is 0.185. The Morgan fingerprint density at radius 2 is 1.93 bits per heavy atom. The lowest BCUT2D eigenvalue weighted by atomic mass is 10.1. The molecule has 5 aromatic rings. The van der Waals surface area contributed by atoms with E-state index in [1.165, 1.54) is 23.9 Å². The molecule has 40 heavy (non-hydrogen) atoms. The summed E-state index contributed by atoms with van der Waals surface area (Å²) in [5.74, 6) is -1.48. The molecule has 206 valence electrons. The highest BCUT2D eigenvalue weighted by Gasteiger charge is 2.32. The summed E-state index contributed by atoms with van der Waals surface area (Å²) in [6.45, 7) is -1.51. The number of carbonyl (C=O) groups is 1. The van der Waals surface area contributed by atoms with Gasteiger partial charge < -0.3 is 24.5 Å². The quantitative estimate of drug-likeness (QED) is 0.273. The van der Waals surface area contributed by atoms with E-state index in [2.05, 4.69) is 20.3 Å². The van der Waals surface area contributed by atoms with Gasteiger partial charge in [-0.1, -0.05) is 12.1 Å². The number of nitrogens with zero attached hydrogens (tertiary/aromatic N) is 4. The van der Waals surface area contributed by atoms with Crippen LogP contribution in [0.5, 0.6) is 0 Å². The molecule has 0 saturated heterocycles. The van der Waals surface area contributed by atoms with Gasteiger partial charge in [0.15, 0.2) is 17.5 Å². The summed E-state index contributed by atoms with van der Waals surface area (Å²) in [7, 11) is 2.47. The molecular formula is C27H22F4N6O3. The van der Waals surface area contributed by atoms with Gasteiger partial charge >= 0.3 is 6.18 Å². The number of anilines is 2. The average molecular weight is 555 g/mol. The highest BCUT2D eigenvalue weighted by molar-refractivity contribution is 5.99. The Bertz CT molecular complexity index is 1800. The van der Waals surface area contributed by atoms with Gasteiger partial charge in [0, 0.05) is 42.4 Å². The molecule has 0 aliphatic heterocycles. The molecule has 2 aromatic carbocycles. The maximum Gasteiger partial charge on any atom is 0.406 e. The van der Waals surface area contributed by atoms with E-state index < -0.39 is 24.4 Å². The number of hydrogen-bond acceptors (Lipinski definition) is 6. The number of nitrogens with one attached hydrogen (secondary N) is 2. The number of methoxy groups -OCH3 is 1. The van der Waals surface area contributed by atoms with Crippen molar-refractivity contribution in [2.45, 2.75) is 12.9 Å². The van der Waals surface area contributed by atoms with Crippen LogP contribution in [-0.4, -0.2) is 57.2 Å². The molecular weight excluding hydrogens is 532 g/mol. The van der Waals surface area contributed by atoms with Gasteiger partial charge in [-0.3, -0.25) is 9.59 Å². The normalized spacial score (nSPS) is 11.8. The van der Waals surface area contributed by atoms with E-state index in [1.54, 1.807) is 42.5 Å². The maximum absolute atomic E-state index is 14.7. The summed E-state index contributed by atoms with van der Waals surface area (Å²) in [5.41, 5.74) is 1.23. The summed E-state index contributed by atoms with van der Waals surface area (Å²) in [5, 5.41) is 4.62. The van der Waals surface area contributed by atoms with E-state index >= 15 is 0 Å². The van der Waals surface area contributed by atoms with Crippen LogP contribution in [0.3, 0.4) is 0 Å². The number of H-pyrrole nitrogens is 1.